The van der Waals surface area contributed by atoms with E-state index in [-0.39, 0.29) is 17.4 Å². The highest BCUT2D eigenvalue weighted by molar-refractivity contribution is 9.10. The predicted octanol–water partition coefficient (Wildman–Crippen LogP) is 4.70. The van der Waals surface area contributed by atoms with Crippen molar-refractivity contribution in [1.82, 2.24) is 0 Å². The van der Waals surface area contributed by atoms with Gasteiger partial charge in [0.1, 0.15) is 17.1 Å². The lowest BCUT2D eigenvalue weighted by atomic mass is 9.65. The van der Waals surface area contributed by atoms with Gasteiger partial charge in [-0.05, 0) is 29.8 Å². The molecule has 0 radical (unpaired) electrons. The second-order valence-corrected chi connectivity index (χ2v) is 8.45. The molecule has 142 valence electrons. The Morgan fingerprint density at radius 1 is 1.26 bits per heavy atom. The van der Waals surface area contributed by atoms with Crippen LogP contribution in [0.4, 0.5) is 5.69 Å². The summed E-state index contributed by atoms with van der Waals surface area (Å²) < 4.78 is 17.5. The zero-order chi connectivity index (χ0) is 19.3. The SMILES string of the molecule is COC(=O)c1cc2c(cc1OC)N[C@H]1c3cc(Br)ccc3OC[C@@H]1C2(C)C. The molecule has 2 aromatic carbocycles. The van der Waals surface area contributed by atoms with Gasteiger partial charge in [-0.25, -0.2) is 4.79 Å². The van der Waals surface area contributed by atoms with E-state index >= 15 is 0 Å². The molecule has 2 aromatic rings. The number of methoxy groups -OCH3 is 2. The molecule has 27 heavy (non-hydrogen) atoms. The second-order valence-electron chi connectivity index (χ2n) is 7.53. The standard InChI is InChI=1S/C21H22BrNO4/c1-21(2)14-8-13(20(24)26-4)18(25-3)9-16(14)23-19-12-7-11(22)5-6-17(12)27-10-15(19)21/h5-9,15,19,23H,10H2,1-4H3/t15-,19-/m0/s1. The summed E-state index contributed by atoms with van der Waals surface area (Å²) in [5.74, 6) is 1.22. The van der Waals surface area contributed by atoms with Crippen LogP contribution < -0.4 is 14.8 Å². The van der Waals surface area contributed by atoms with Crippen molar-refractivity contribution in [3.05, 3.63) is 51.5 Å². The summed E-state index contributed by atoms with van der Waals surface area (Å²) in [5, 5.41) is 3.66. The fourth-order valence-corrected chi connectivity index (χ4v) is 4.61. The fourth-order valence-electron chi connectivity index (χ4n) is 4.23. The number of anilines is 1. The molecule has 4 rings (SSSR count). The molecule has 0 spiro atoms. The number of rotatable bonds is 2. The lowest BCUT2D eigenvalue weighted by Gasteiger charge is -2.48. The summed E-state index contributed by atoms with van der Waals surface area (Å²) in [7, 11) is 2.94. The Morgan fingerprint density at radius 3 is 2.74 bits per heavy atom. The monoisotopic (exact) mass is 431 g/mol. The lowest BCUT2D eigenvalue weighted by molar-refractivity contribution is 0.0596. The molecule has 0 amide bonds. The first-order valence-electron chi connectivity index (χ1n) is 8.86. The number of carbonyl (C=O) groups excluding carboxylic acids is 1. The lowest BCUT2D eigenvalue weighted by Crippen LogP contribution is -2.46. The molecule has 0 aliphatic carbocycles. The third-order valence-corrected chi connectivity index (χ3v) is 6.30. The smallest absolute Gasteiger partial charge is 0.341 e. The van der Waals surface area contributed by atoms with Crippen molar-refractivity contribution in [1.29, 1.82) is 0 Å². The van der Waals surface area contributed by atoms with Crippen molar-refractivity contribution in [3.8, 4) is 11.5 Å². The Hall–Kier alpha value is -2.21. The first-order valence-corrected chi connectivity index (χ1v) is 9.65. The number of benzene rings is 2. The molecular weight excluding hydrogens is 410 g/mol. The second kappa shape index (κ2) is 6.44. The third-order valence-electron chi connectivity index (χ3n) is 5.80. The summed E-state index contributed by atoms with van der Waals surface area (Å²) in [6, 6.07) is 10.0. The van der Waals surface area contributed by atoms with Gasteiger partial charge >= 0.3 is 5.97 Å². The van der Waals surface area contributed by atoms with Crippen LogP contribution in [0.3, 0.4) is 0 Å². The van der Waals surface area contributed by atoms with Gasteiger partial charge in [0, 0.05) is 33.1 Å². The summed E-state index contributed by atoms with van der Waals surface area (Å²) >= 11 is 3.57. The first-order chi connectivity index (χ1) is 12.9. The average molecular weight is 432 g/mol. The Kier molecular flexibility index (Phi) is 4.34. The van der Waals surface area contributed by atoms with Crippen LogP contribution in [0, 0.1) is 5.92 Å². The topological polar surface area (TPSA) is 56.8 Å². The number of halogens is 1. The maximum atomic E-state index is 12.2. The minimum absolute atomic E-state index is 0.113. The zero-order valence-electron chi connectivity index (χ0n) is 15.8. The van der Waals surface area contributed by atoms with Gasteiger partial charge in [0.25, 0.3) is 0 Å². The largest absolute Gasteiger partial charge is 0.496 e. The molecule has 6 heteroatoms. The van der Waals surface area contributed by atoms with E-state index in [1.54, 1.807) is 7.11 Å². The molecule has 2 aliphatic heterocycles. The molecule has 5 nitrogen and oxygen atoms in total. The molecular formula is C21H22BrNO4. The highest BCUT2D eigenvalue weighted by Gasteiger charge is 2.47. The number of carbonyl (C=O) groups is 1. The van der Waals surface area contributed by atoms with E-state index in [2.05, 4.69) is 41.2 Å². The molecule has 0 fully saturated rings. The number of ether oxygens (including phenoxy) is 3. The average Bonchev–Trinajstić information content (AvgIpc) is 2.66. The van der Waals surface area contributed by atoms with Gasteiger partial charge in [0.2, 0.25) is 0 Å². The van der Waals surface area contributed by atoms with Gasteiger partial charge in [-0.2, -0.15) is 0 Å². The van der Waals surface area contributed by atoms with E-state index in [9.17, 15) is 4.79 Å². The van der Waals surface area contributed by atoms with Crippen LogP contribution in [0.15, 0.2) is 34.8 Å². The van der Waals surface area contributed by atoms with Gasteiger partial charge in [-0.3, -0.25) is 0 Å². The van der Waals surface area contributed by atoms with Crippen LogP contribution in [0.25, 0.3) is 0 Å². The van der Waals surface area contributed by atoms with Crippen molar-refractivity contribution in [2.75, 3.05) is 26.1 Å². The van der Waals surface area contributed by atoms with Crippen LogP contribution in [0.2, 0.25) is 0 Å². The van der Waals surface area contributed by atoms with Gasteiger partial charge in [0.15, 0.2) is 0 Å². The number of nitrogens with one attached hydrogen (secondary N) is 1. The minimum Gasteiger partial charge on any atom is -0.496 e. The highest BCUT2D eigenvalue weighted by Crippen LogP contribution is 2.53. The fraction of sp³-hybridized carbons (Fsp3) is 0.381. The molecule has 0 aromatic heterocycles. The van der Waals surface area contributed by atoms with Gasteiger partial charge in [0.05, 0.1) is 26.9 Å². The van der Waals surface area contributed by atoms with Gasteiger partial charge in [-0.1, -0.05) is 29.8 Å². The van der Waals surface area contributed by atoms with Crippen molar-refractivity contribution in [3.63, 3.8) is 0 Å². The van der Waals surface area contributed by atoms with E-state index in [0.29, 0.717) is 17.9 Å². The zero-order valence-corrected chi connectivity index (χ0v) is 17.3. The maximum absolute atomic E-state index is 12.2. The summed E-state index contributed by atoms with van der Waals surface area (Å²) in [6.45, 7) is 5.01. The Morgan fingerprint density at radius 2 is 2.04 bits per heavy atom. The van der Waals surface area contributed by atoms with Crippen LogP contribution >= 0.6 is 15.9 Å². The maximum Gasteiger partial charge on any atom is 0.341 e. The van der Waals surface area contributed by atoms with E-state index in [1.807, 2.05) is 24.3 Å². The predicted molar refractivity (Wildman–Crippen MR) is 107 cm³/mol. The van der Waals surface area contributed by atoms with E-state index in [1.165, 1.54) is 7.11 Å². The number of esters is 1. The molecule has 0 unspecified atom stereocenters. The molecule has 1 N–H and O–H groups in total. The quantitative estimate of drug-likeness (QED) is 0.698. The third kappa shape index (κ3) is 2.78. The van der Waals surface area contributed by atoms with E-state index in [4.69, 9.17) is 14.2 Å². The molecule has 2 atom stereocenters. The highest BCUT2D eigenvalue weighted by atomic mass is 79.9. The van der Waals surface area contributed by atoms with Crippen LogP contribution in [0.1, 0.15) is 41.4 Å². The van der Waals surface area contributed by atoms with Gasteiger partial charge < -0.3 is 19.5 Å². The van der Waals surface area contributed by atoms with Crippen molar-refractivity contribution in [2.45, 2.75) is 25.3 Å². The Bertz CT molecular complexity index is 925. The summed E-state index contributed by atoms with van der Waals surface area (Å²) in [6.07, 6.45) is 0. The van der Waals surface area contributed by atoms with Crippen LogP contribution in [-0.2, 0) is 10.2 Å². The molecule has 0 saturated heterocycles. The van der Waals surface area contributed by atoms with Crippen molar-refractivity contribution >= 4 is 27.6 Å². The van der Waals surface area contributed by atoms with Crippen molar-refractivity contribution < 1.29 is 19.0 Å². The molecule has 2 heterocycles. The number of fused-ring (bicyclic) bond motifs is 4. The Labute approximate surface area is 167 Å². The summed E-state index contributed by atoms with van der Waals surface area (Å²) in [4.78, 5) is 12.2. The van der Waals surface area contributed by atoms with E-state index < -0.39 is 5.97 Å². The van der Waals surface area contributed by atoms with Crippen molar-refractivity contribution in [2.24, 2.45) is 5.92 Å². The normalized spacial score (nSPS) is 21.7. The van der Waals surface area contributed by atoms with Crippen LogP contribution in [0.5, 0.6) is 11.5 Å². The number of hydrogen-bond donors (Lipinski definition) is 1. The first kappa shape index (κ1) is 18.2. The molecule has 0 saturated carbocycles. The van der Waals surface area contributed by atoms with Gasteiger partial charge in [-0.15, -0.1) is 0 Å². The Balaban J connectivity index is 1.87. The van der Waals surface area contributed by atoms with E-state index in [0.717, 1.165) is 27.0 Å². The summed E-state index contributed by atoms with van der Waals surface area (Å²) in [5.41, 5.74) is 3.40. The minimum atomic E-state index is -0.401. The molecule has 2 aliphatic rings. The van der Waals surface area contributed by atoms with Crippen LogP contribution in [-0.4, -0.2) is 26.8 Å². The number of hydrogen-bond acceptors (Lipinski definition) is 5. The molecule has 0 bridgehead atoms.